The van der Waals surface area contributed by atoms with Gasteiger partial charge < -0.3 is 38.3 Å². The van der Waals surface area contributed by atoms with Crippen LogP contribution in [0.5, 0.6) is 11.5 Å². The zero-order valence-corrected chi connectivity index (χ0v) is 38.1. The highest BCUT2D eigenvalue weighted by Gasteiger charge is 2.26. The molecular formula is C57H60N2O7. The Morgan fingerprint density at radius 1 is 0.561 bits per heavy atom. The Hall–Kier alpha value is -5.97. The van der Waals surface area contributed by atoms with Gasteiger partial charge in [-0.05, 0) is 134 Å². The molecule has 0 saturated carbocycles. The number of hydrogen-bond acceptors (Lipinski definition) is 9. The van der Waals surface area contributed by atoms with E-state index in [0.29, 0.717) is 59.1 Å². The van der Waals surface area contributed by atoms with Crippen molar-refractivity contribution in [3.63, 3.8) is 0 Å². The molecule has 0 bridgehead atoms. The van der Waals surface area contributed by atoms with Crippen LogP contribution in [0.3, 0.4) is 0 Å². The lowest BCUT2D eigenvalue weighted by Crippen LogP contribution is -2.40. The lowest BCUT2D eigenvalue weighted by Gasteiger charge is -2.33. The molecule has 0 radical (unpaired) electrons. The van der Waals surface area contributed by atoms with Crippen molar-refractivity contribution in [2.75, 3.05) is 52.5 Å². The average molecular weight is 885 g/mol. The molecule has 0 aliphatic carbocycles. The normalized spacial score (nSPS) is 16.7. The summed E-state index contributed by atoms with van der Waals surface area (Å²) in [5.74, 6) is 3.45. The van der Waals surface area contributed by atoms with E-state index in [0.717, 1.165) is 73.8 Å². The van der Waals surface area contributed by atoms with Crippen molar-refractivity contribution in [3.05, 3.63) is 155 Å². The number of hydrogen-bond donors (Lipinski definition) is 2. The lowest BCUT2D eigenvalue weighted by molar-refractivity contribution is -0.118. The predicted octanol–water partition coefficient (Wildman–Crippen LogP) is 10.7. The maximum Gasteiger partial charge on any atom is 0.147 e. The first-order valence-electron chi connectivity index (χ1n) is 23.8. The quantitative estimate of drug-likeness (QED) is 0.0980. The highest BCUT2D eigenvalue weighted by molar-refractivity contribution is 5.93. The summed E-state index contributed by atoms with van der Waals surface area (Å²) in [4.78, 5) is 18.3. The third-order valence-corrected chi connectivity index (χ3v) is 14.2. The summed E-state index contributed by atoms with van der Waals surface area (Å²) in [5.41, 5.74) is 5.79. The van der Waals surface area contributed by atoms with E-state index < -0.39 is 12.2 Å². The van der Waals surface area contributed by atoms with Gasteiger partial charge in [0.15, 0.2) is 0 Å². The zero-order chi connectivity index (χ0) is 45.1. The second kappa shape index (κ2) is 19.5. The number of benzene rings is 6. The SMILES string of the molecule is Cc1c(CC(=O)Cc2oc3cccc(OC[C@@H](O)CN4CCC(c5ccc6ccccc6c5)CC4)c3c2C)oc2cccc(OC[C@@H](O)CN3CCC(c4ccc5ccccc5c4)CC3)c12. The minimum Gasteiger partial charge on any atom is -0.490 e. The molecule has 2 fully saturated rings. The fourth-order valence-corrected chi connectivity index (χ4v) is 10.5. The Bertz CT molecular complexity index is 2770. The molecule has 9 heteroatoms. The van der Waals surface area contributed by atoms with Crippen LogP contribution in [0.1, 0.15) is 71.3 Å². The monoisotopic (exact) mass is 884 g/mol. The number of Topliss-reactive ketones (excluding diaryl/α,β-unsaturated/α-hetero) is 1. The molecule has 2 atom stereocenters. The molecule has 4 heterocycles. The van der Waals surface area contributed by atoms with Crippen molar-refractivity contribution in [1.82, 2.24) is 9.80 Å². The second-order valence-electron chi connectivity index (χ2n) is 18.7. The summed E-state index contributed by atoms with van der Waals surface area (Å²) in [6.45, 7) is 9.06. The summed E-state index contributed by atoms with van der Waals surface area (Å²) in [7, 11) is 0. The number of aliphatic hydroxyl groups excluding tert-OH is 2. The van der Waals surface area contributed by atoms with Gasteiger partial charge in [0, 0.05) is 24.2 Å². The van der Waals surface area contributed by atoms with Crippen molar-refractivity contribution < 1.29 is 33.3 Å². The van der Waals surface area contributed by atoms with Crippen LogP contribution < -0.4 is 9.47 Å². The van der Waals surface area contributed by atoms with E-state index in [1.165, 1.54) is 32.7 Å². The highest BCUT2D eigenvalue weighted by Crippen LogP contribution is 2.37. The van der Waals surface area contributed by atoms with Gasteiger partial charge >= 0.3 is 0 Å². The number of carbonyl (C=O) groups is 1. The largest absolute Gasteiger partial charge is 0.490 e. The van der Waals surface area contributed by atoms with Gasteiger partial charge in [0.2, 0.25) is 0 Å². The van der Waals surface area contributed by atoms with Crippen LogP contribution in [0.15, 0.2) is 130 Å². The number of aryl methyl sites for hydroxylation is 2. The van der Waals surface area contributed by atoms with Crippen LogP contribution in [0.4, 0.5) is 0 Å². The van der Waals surface area contributed by atoms with E-state index in [1.54, 1.807) is 0 Å². The van der Waals surface area contributed by atoms with Gasteiger partial charge in [-0.1, -0.05) is 97.1 Å². The molecule has 0 amide bonds. The molecule has 340 valence electrons. The number of nitrogens with zero attached hydrogens (tertiary/aromatic N) is 2. The third-order valence-electron chi connectivity index (χ3n) is 14.2. The van der Waals surface area contributed by atoms with E-state index in [4.69, 9.17) is 18.3 Å². The molecule has 2 aliphatic rings. The number of piperidine rings is 2. The number of aliphatic hydroxyl groups is 2. The van der Waals surface area contributed by atoms with Gasteiger partial charge in [-0.15, -0.1) is 0 Å². The molecule has 9 nitrogen and oxygen atoms in total. The smallest absolute Gasteiger partial charge is 0.147 e. The lowest BCUT2D eigenvalue weighted by atomic mass is 9.88. The molecule has 2 aliphatic heterocycles. The van der Waals surface area contributed by atoms with Gasteiger partial charge in [-0.2, -0.15) is 0 Å². The number of fused-ring (bicyclic) bond motifs is 4. The Kier molecular flexibility index (Phi) is 13.0. The number of β-amino-alcohol motifs (C(OH)–C–C–N with tert-alkyl or cyclic N) is 2. The van der Waals surface area contributed by atoms with E-state index in [9.17, 15) is 15.0 Å². The van der Waals surface area contributed by atoms with Gasteiger partial charge in [0.25, 0.3) is 0 Å². The Labute approximate surface area is 386 Å². The van der Waals surface area contributed by atoms with Crippen LogP contribution in [0, 0.1) is 13.8 Å². The van der Waals surface area contributed by atoms with E-state index >= 15 is 0 Å². The van der Waals surface area contributed by atoms with Crippen LogP contribution >= 0.6 is 0 Å². The molecule has 6 aromatic carbocycles. The van der Waals surface area contributed by atoms with Crippen molar-refractivity contribution in [2.24, 2.45) is 0 Å². The molecule has 66 heavy (non-hydrogen) atoms. The number of rotatable bonds is 16. The first-order chi connectivity index (χ1) is 32.2. The highest BCUT2D eigenvalue weighted by atomic mass is 16.5. The third kappa shape index (κ3) is 9.63. The molecular weight excluding hydrogens is 825 g/mol. The average Bonchev–Trinajstić information content (AvgIpc) is 3.84. The summed E-state index contributed by atoms with van der Waals surface area (Å²) >= 11 is 0. The number of ketones is 1. The maximum atomic E-state index is 13.7. The summed E-state index contributed by atoms with van der Waals surface area (Å²) in [5, 5.41) is 28.9. The zero-order valence-electron chi connectivity index (χ0n) is 38.1. The Morgan fingerprint density at radius 2 is 0.970 bits per heavy atom. The summed E-state index contributed by atoms with van der Waals surface area (Å²) < 4.78 is 25.0. The Balaban J connectivity index is 0.704. The van der Waals surface area contributed by atoms with Crippen molar-refractivity contribution >= 4 is 49.3 Å². The number of likely N-dealkylation sites (tertiary alicyclic amines) is 2. The predicted molar refractivity (Wildman–Crippen MR) is 262 cm³/mol. The number of furan rings is 2. The minimum absolute atomic E-state index is 0.0381. The van der Waals surface area contributed by atoms with Gasteiger partial charge in [-0.25, -0.2) is 0 Å². The number of carbonyl (C=O) groups excluding carboxylic acids is 1. The van der Waals surface area contributed by atoms with Crippen LogP contribution in [-0.2, 0) is 17.6 Å². The van der Waals surface area contributed by atoms with Crippen molar-refractivity contribution in [2.45, 2.75) is 76.4 Å². The topological polar surface area (TPSA) is 109 Å². The first kappa shape index (κ1) is 43.9. The van der Waals surface area contributed by atoms with Crippen LogP contribution in [0.25, 0.3) is 43.5 Å². The molecule has 2 aromatic heterocycles. The Morgan fingerprint density at radius 3 is 1.39 bits per heavy atom. The number of ether oxygens (including phenoxy) is 2. The fraction of sp³-hybridized carbons (Fsp3) is 0.351. The van der Waals surface area contributed by atoms with E-state index in [1.807, 2.05) is 50.2 Å². The standard InChI is InChI=1S/C57H60N2O7/c1-37-54(65-52-15-7-13-50(56(37)52)63-35-48(61)33-58-25-21-41(22-26-58)45-19-17-39-9-3-5-11-43(39)29-45)31-47(60)32-55-38(2)57-51(14-8-16-53(57)66-55)64-36-49(62)34-59-27-23-42(24-28-59)46-20-18-40-10-4-6-12-44(40)30-46/h3-20,29-30,41-42,48-49,61-62H,21-28,31-36H2,1-2H3/t48-,49-/m0/s1. The van der Waals surface area contributed by atoms with E-state index in [-0.39, 0.29) is 31.8 Å². The van der Waals surface area contributed by atoms with Gasteiger partial charge in [0.1, 0.15) is 65.4 Å². The van der Waals surface area contributed by atoms with Crippen molar-refractivity contribution in [1.29, 1.82) is 0 Å². The summed E-state index contributed by atoms with van der Waals surface area (Å²) in [6.07, 6.45) is 3.15. The minimum atomic E-state index is -0.649. The molecule has 2 N–H and O–H groups in total. The molecule has 0 spiro atoms. The molecule has 2 saturated heterocycles. The van der Waals surface area contributed by atoms with Crippen molar-refractivity contribution in [3.8, 4) is 11.5 Å². The summed E-state index contributed by atoms with van der Waals surface area (Å²) in [6, 6.07) is 42.0. The molecule has 10 rings (SSSR count). The van der Waals surface area contributed by atoms with Crippen LogP contribution in [-0.4, -0.2) is 90.5 Å². The first-order valence-corrected chi connectivity index (χ1v) is 23.8. The second-order valence-corrected chi connectivity index (χ2v) is 18.7. The maximum absolute atomic E-state index is 13.7. The molecule has 0 unspecified atom stereocenters. The van der Waals surface area contributed by atoms with E-state index in [2.05, 4.69) is 94.7 Å². The fourth-order valence-electron chi connectivity index (χ4n) is 10.5. The molecule has 8 aromatic rings. The van der Waals surface area contributed by atoms with Gasteiger partial charge in [-0.3, -0.25) is 4.79 Å². The van der Waals surface area contributed by atoms with Gasteiger partial charge in [0.05, 0.1) is 23.6 Å². The van der Waals surface area contributed by atoms with Crippen LogP contribution in [0.2, 0.25) is 0 Å².